The number of carbonyl (C=O) groups is 2. The van der Waals surface area contributed by atoms with Crippen LogP contribution >= 0.6 is 15.9 Å². The number of hydrogen-bond donors (Lipinski definition) is 2. The molecule has 1 aliphatic heterocycles. The van der Waals surface area contributed by atoms with Crippen LogP contribution in [0.15, 0.2) is 53.0 Å². The highest BCUT2D eigenvalue weighted by Gasteiger charge is 2.10. The molecule has 0 radical (unpaired) electrons. The lowest BCUT2D eigenvalue weighted by Gasteiger charge is -2.20. The first kappa shape index (κ1) is 22.5. The van der Waals surface area contributed by atoms with E-state index in [0.29, 0.717) is 18.7 Å². The molecule has 1 saturated heterocycles. The average molecular weight is 472 g/mol. The maximum absolute atomic E-state index is 12.1. The van der Waals surface area contributed by atoms with Crippen molar-refractivity contribution in [1.29, 1.82) is 0 Å². The van der Waals surface area contributed by atoms with E-state index in [0.717, 1.165) is 16.6 Å². The van der Waals surface area contributed by atoms with Gasteiger partial charge in [-0.2, -0.15) is 0 Å². The minimum Gasteiger partial charge on any atom is -0.352 e. The Kier molecular flexibility index (Phi) is 8.90. The van der Waals surface area contributed by atoms with Gasteiger partial charge >= 0.3 is 0 Å². The molecule has 0 aromatic heterocycles. The van der Waals surface area contributed by atoms with Crippen LogP contribution in [0.3, 0.4) is 0 Å². The number of benzene rings is 2. The van der Waals surface area contributed by atoms with Crippen LogP contribution in [0.2, 0.25) is 0 Å². The zero-order valence-electron chi connectivity index (χ0n) is 17.3. The highest BCUT2D eigenvalue weighted by atomic mass is 79.9. The zero-order valence-corrected chi connectivity index (χ0v) is 18.9. The van der Waals surface area contributed by atoms with Crippen LogP contribution in [-0.4, -0.2) is 36.3 Å². The van der Waals surface area contributed by atoms with Crippen molar-refractivity contribution in [2.75, 3.05) is 19.6 Å². The minimum absolute atomic E-state index is 0.0657. The van der Waals surface area contributed by atoms with E-state index in [-0.39, 0.29) is 18.2 Å². The van der Waals surface area contributed by atoms with Gasteiger partial charge in [-0.3, -0.25) is 14.5 Å². The van der Waals surface area contributed by atoms with E-state index in [2.05, 4.69) is 49.7 Å². The Morgan fingerprint density at radius 3 is 2.33 bits per heavy atom. The normalized spacial score (nSPS) is 14.7. The molecule has 2 amide bonds. The quantitative estimate of drug-likeness (QED) is 0.604. The molecule has 0 bridgehead atoms. The van der Waals surface area contributed by atoms with Crippen molar-refractivity contribution < 1.29 is 9.59 Å². The first-order valence-corrected chi connectivity index (χ1v) is 11.5. The van der Waals surface area contributed by atoms with Crippen molar-refractivity contribution in [2.24, 2.45) is 0 Å². The third-order valence-electron chi connectivity index (χ3n) is 5.33. The Labute approximate surface area is 187 Å². The van der Waals surface area contributed by atoms with Crippen molar-refractivity contribution in [3.05, 3.63) is 69.7 Å². The summed E-state index contributed by atoms with van der Waals surface area (Å²) in [5, 5.41) is 5.74. The van der Waals surface area contributed by atoms with Gasteiger partial charge in [0.1, 0.15) is 0 Å². The third-order valence-corrected chi connectivity index (χ3v) is 5.86. The van der Waals surface area contributed by atoms with Gasteiger partial charge in [-0.1, -0.05) is 53.0 Å². The molecular weight excluding hydrogens is 442 g/mol. The number of rotatable bonds is 8. The number of likely N-dealkylation sites (tertiary alicyclic amines) is 1. The number of amides is 2. The Hall–Kier alpha value is -2.18. The minimum atomic E-state index is -0.170. The molecule has 3 rings (SSSR count). The van der Waals surface area contributed by atoms with Crippen molar-refractivity contribution in [3.8, 4) is 0 Å². The van der Waals surface area contributed by atoms with Gasteiger partial charge in [-0.25, -0.2) is 0 Å². The van der Waals surface area contributed by atoms with E-state index in [1.54, 1.807) is 12.1 Å². The molecule has 0 saturated carbocycles. The second-order valence-corrected chi connectivity index (χ2v) is 8.72. The SMILES string of the molecule is O=C(CCNC(=O)c1ccc(Br)cc1)NCc1cccc(CN2CCCCCC2)c1. The summed E-state index contributed by atoms with van der Waals surface area (Å²) in [6.07, 6.45) is 5.51. The number of nitrogens with one attached hydrogen (secondary N) is 2. The Morgan fingerprint density at radius 2 is 1.60 bits per heavy atom. The van der Waals surface area contributed by atoms with E-state index in [1.807, 2.05) is 18.2 Å². The summed E-state index contributed by atoms with van der Waals surface area (Å²) in [6, 6.07) is 15.6. The summed E-state index contributed by atoms with van der Waals surface area (Å²) >= 11 is 3.35. The molecule has 0 unspecified atom stereocenters. The summed E-state index contributed by atoms with van der Waals surface area (Å²) in [5.41, 5.74) is 2.99. The topological polar surface area (TPSA) is 61.4 Å². The van der Waals surface area contributed by atoms with Crippen molar-refractivity contribution in [2.45, 2.75) is 45.2 Å². The van der Waals surface area contributed by atoms with Crippen molar-refractivity contribution >= 4 is 27.7 Å². The van der Waals surface area contributed by atoms with Crippen LogP contribution in [0.1, 0.15) is 53.6 Å². The summed E-state index contributed by atoms with van der Waals surface area (Å²) < 4.78 is 0.925. The fourth-order valence-corrected chi connectivity index (χ4v) is 3.94. The van der Waals surface area contributed by atoms with Gasteiger partial charge in [0.05, 0.1) is 0 Å². The molecule has 1 fully saturated rings. The van der Waals surface area contributed by atoms with Crippen LogP contribution < -0.4 is 10.6 Å². The molecule has 6 heteroatoms. The predicted molar refractivity (Wildman–Crippen MR) is 123 cm³/mol. The van der Waals surface area contributed by atoms with Crippen molar-refractivity contribution in [1.82, 2.24) is 15.5 Å². The second kappa shape index (κ2) is 11.9. The van der Waals surface area contributed by atoms with Crippen molar-refractivity contribution in [3.63, 3.8) is 0 Å². The predicted octanol–water partition coefficient (Wildman–Crippen LogP) is 4.26. The molecule has 2 aromatic carbocycles. The third kappa shape index (κ3) is 7.58. The summed E-state index contributed by atoms with van der Waals surface area (Å²) in [5.74, 6) is -0.236. The lowest BCUT2D eigenvalue weighted by molar-refractivity contribution is -0.121. The number of carbonyl (C=O) groups excluding carboxylic acids is 2. The Balaban J connectivity index is 1.39. The molecular formula is C24H30BrN3O2. The average Bonchev–Trinajstić information content (AvgIpc) is 3.01. The van der Waals surface area contributed by atoms with Gasteiger partial charge in [0.2, 0.25) is 5.91 Å². The molecule has 160 valence electrons. The smallest absolute Gasteiger partial charge is 0.251 e. The van der Waals surface area contributed by atoms with E-state index < -0.39 is 0 Å². The fraction of sp³-hybridized carbons (Fsp3) is 0.417. The van der Waals surface area contributed by atoms with Crippen LogP contribution in [0.25, 0.3) is 0 Å². The zero-order chi connectivity index (χ0) is 21.2. The molecule has 0 spiro atoms. The van der Waals surface area contributed by atoms with E-state index >= 15 is 0 Å². The first-order chi connectivity index (χ1) is 14.6. The van der Waals surface area contributed by atoms with Gasteiger partial charge in [-0.15, -0.1) is 0 Å². The molecule has 5 nitrogen and oxygen atoms in total. The van der Waals surface area contributed by atoms with E-state index in [4.69, 9.17) is 0 Å². The molecule has 0 atom stereocenters. The van der Waals surface area contributed by atoms with Crippen LogP contribution in [0.5, 0.6) is 0 Å². The molecule has 30 heavy (non-hydrogen) atoms. The summed E-state index contributed by atoms with van der Waals surface area (Å²) in [7, 11) is 0. The lowest BCUT2D eigenvalue weighted by Crippen LogP contribution is -2.30. The van der Waals surface area contributed by atoms with Gasteiger partial charge < -0.3 is 10.6 Å². The summed E-state index contributed by atoms with van der Waals surface area (Å²) in [4.78, 5) is 26.7. The van der Waals surface area contributed by atoms with Crippen LogP contribution in [0, 0.1) is 0 Å². The van der Waals surface area contributed by atoms with E-state index in [9.17, 15) is 9.59 Å². The van der Waals surface area contributed by atoms with Crippen LogP contribution in [0.4, 0.5) is 0 Å². The lowest BCUT2D eigenvalue weighted by atomic mass is 10.1. The highest BCUT2D eigenvalue weighted by Crippen LogP contribution is 2.14. The molecule has 1 aliphatic rings. The molecule has 2 N–H and O–H groups in total. The van der Waals surface area contributed by atoms with Gasteiger partial charge in [0.25, 0.3) is 5.91 Å². The van der Waals surface area contributed by atoms with Crippen LogP contribution in [-0.2, 0) is 17.9 Å². The van der Waals surface area contributed by atoms with E-state index in [1.165, 1.54) is 44.3 Å². The monoisotopic (exact) mass is 471 g/mol. The fourth-order valence-electron chi connectivity index (χ4n) is 3.67. The number of halogens is 1. The Morgan fingerprint density at radius 1 is 0.900 bits per heavy atom. The molecule has 1 heterocycles. The first-order valence-electron chi connectivity index (χ1n) is 10.7. The standard InChI is InChI=1S/C24H30BrN3O2/c25-22-10-8-21(9-11-22)24(30)26-13-12-23(29)27-17-19-6-5-7-20(16-19)18-28-14-3-1-2-4-15-28/h5-11,16H,1-4,12-15,17-18H2,(H,26,30)(H,27,29). The van der Waals surface area contributed by atoms with Gasteiger partial charge in [0, 0.05) is 36.1 Å². The second-order valence-electron chi connectivity index (χ2n) is 7.80. The van der Waals surface area contributed by atoms with Gasteiger partial charge in [0.15, 0.2) is 0 Å². The summed E-state index contributed by atoms with van der Waals surface area (Å²) in [6.45, 7) is 4.15. The maximum atomic E-state index is 12.1. The number of hydrogen-bond acceptors (Lipinski definition) is 3. The molecule has 2 aromatic rings. The highest BCUT2D eigenvalue weighted by molar-refractivity contribution is 9.10. The largest absolute Gasteiger partial charge is 0.352 e. The maximum Gasteiger partial charge on any atom is 0.251 e. The Bertz CT molecular complexity index is 831. The van der Waals surface area contributed by atoms with Gasteiger partial charge in [-0.05, 0) is 61.3 Å². The number of nitrogens with zero attached hydrogens (tertiary/aromatic N) is 1. The molecule has 0 aliphatic carbocycles.